The van der Waals surface area contributed by atoms with E-state index in [0.717, 1.165) is 49.9 Å². The summed E-state index contributed by atoms with van der Waals surface area (Å²) >= 11 is 0. The molecule has 2 aromatic rings. The molecule has 2 heteroatoms. The highest BCUT2D eigenvalue weighted by Crippen LogP contribution is 2.45. The molecule has 1 aliphatic rings. The summed E-state index contributed by atoms with van der Waals surface area (Å²) in [5.41, 5.74) is 27.7. The van der Waals surface area contributed by atoms with Crippen molar-refractivity contribution >= 4 is 11.4 Å². The Morgan fingerprint density at radius 3 is 1.17 bits per heavy atom. The van der Waals surface area contributed by atoms with Crippen molar-refractivity contribution in [2.45, 2.75) is 158 Å². The number of hydrogen-bond donors (Lipinski definition) is 0. The summed E-state index contributed by atoms with van der Waals surface area (Å²) < 4.78 is 1.59. The average Bonchev–Trinajstić information content (AvgIpc) is 3.23. The van der Waals surface area contributed by atoms with Gasteiger partial charge in [0, 0.05) is 22.3 Å². The second kappa shape index (κ2) is 17.0. The van der Waals surface area contributed by atoms with E-state index in [1.807, 2.05) is 0 Å². The molecule has 42 heavy (non-hydrogen) atoms. The lowest BCUT2D eigenvalue weighted by Crippen LogP contribution is -2.06. The molecule has 0 radical (unpaired) electrons. The van der Waals surface area contributed by atoms with Crippen LogP contribution in [0.2, 0.25) is 0 Å². The molecule has 0 aliphatic carbocycles. The molecule has 0 saturated carbocycles. The second-order valence-electron chi connectivity index (χ2n) is 13.0. The first-order valence-electron chi connectivity index (χ1n) is 17.4. The van der Waals surface area contributed by atoms with Gasteiger partial charge < -0.3 is 5.53 Å². The van der Waals surface area contributed by atoms with Crippen molar-refractivity contribution < 1.29 is 4.70 Å². The van der Waals surface area contributed by atoms with E-state index in [-0.39, 0.29) is 0 Å². The Morgan fingerprint density at radius 1 is 0.452 bits per heavy atom. The minimum absolute atomic E-state index is 1.01. The number of benzene rings is 2. The highest BCUT2D eigenvalue weighted by Gasteiger charge is 2.35. The van der Waals surface area contributed by atoms with Gasteiger partial charge in [-0.15, -0.1) is 0 Å². The number of unbranched alkanes of at least 4 members (excludes halogenated alkanes) is 8. The summed E-state index contributed by atoms with van der Waals surface area (Å²) in [6.07, 6.45) is 19.1. The molecule has 3 rings (SSSR count). The van der Waals surface area contributed by atoms with Crippen LogP contribution in [0.25, 0.3) is 16.9 Å². The van der Waals surface area contributed by atoms with Crippen molar-refractivity contribution in [3.05, 3.63) is 85.5 Å². The first kappa shape index (κ1) is 34.0. The lowest BCUT2D eigenvalue weighted by molar-refractivity contribution is -0.345. The summed E-state index contributed by atoms with van der Waals surface area (Å²) in [5, 5.41) is 0. The fourth-order valence-electron chi connectivity index (χ4n) is 7.02. The van der Waals surface area contributed by atoms with Gasteiger partial charge in [0.25, 0.3) is 0 Å². The molecule has 0 saturated heterocycles. The predicted octanol–water partition coefficient (Wildman–Crippen LogP) is 12.7. The maximum atomic E-state index is 12.2. The van der Waals surface area contributed by atoms with Crippen LogP contribution in [0.15, 0.2) is 35.4 Å². The van der Waals surface area contributed by atoms with E-state index in [0.29, 0.717) is 0 Å². The van der Waals surface area contributed by atoms with Gasteiger partial charge >= 0.3 is 0 Å². The highest BCUT2D eigenvalue weighted by molar-refractivity contribution is 5.82. The largest absolute Gasteiger partial charge is 0.493 e. The van der Waals surface area contributed by atoms with Crippen LogP contribution in [0.3, 0.4) is 0 Å². The Morgan fingerprint density at radius 2 is 0.786 bits per heavy atom. The zero-order valence-corrected chi connectivity index (χ0v) is 28.5. The zero-order valence-electron chi connectivity index (χ0n) is 28.5. The summed E-state index contributed by atoms with van der Waals surface area (Å²) in [5.74, 6) is 0. The molecule has 2 aromatic carbocycles. The van der Waals surface area contributed by atoms with Gasteiger partial charge in [-0.3, -0.25) is 0 Å². The number of rotatable bonds is 18. The Labute approximate surface area is 259 Å². The van der Waals surface area contributed by atoms with Gasteiger partial charge in [0.1, 0.15) is 0 Å². The minimum Gasteiger partial charge on any atom is -0.493 e. The van der Waals surface area contributed by atoms with Crippen LogP contribution in [0.4, 0.5) is 0 Å². The molecule has 1 heterocycles. The number of nitrogens with zero attached hydrogens (tertiary/aromatic N) is 2. The molecule has 230 valence electrons. The maximum absolute atomic E-state index is 12.2. The third-order valence-corrected chi connectivity index (χ3v) is 9.42. The third kappa shape index (κ3) is 8.33. The van der Waals surface area contributed by atoms with Crippen LogP contribution in [-0.4, -0.2) is 4.70 Å². The van der Waals surface area contributed by atoms with E-state index in [2.05, 4.69) is 79.7 Å². The van der Waals surface area contributed by atoms with Crippen molar-refractivity contribution in [1.29, 1.82) is 0 Å². The van der Waals surface area contributed by atoms with Crippen molar-refractivity contribution in [3.63, 3.8) is 0 Å². The molecule has 0 fully saturated rings. The molecule has 0 N–H and O–H groups in total. The molecule has 0 unspecified atom stereocenters. The quantitative estimate of drug-likeness (QED) is 0.126. The fourth-order valence-corrected chi connectivity index (χ4v) is 7.02. The Balaban J connectivity index is 2.13. The molecule has 0 atom stereocenters. The molecule has 1 aliphatic heterocycles. The SMILES string of the molecule is CCCCCCC1=C(c2cc(C)c(CCCCC)c(C)c2)[N+](=[N-])C(c2cc(C)c(CCCCC)c(C)c2)=C1CCCC. The normalized spacial score (nSPS) is 13.7. The first-order chi connectivity index (χ1) is 20.3. The van der Waals surface area contributed by atoms with E-state index < -0.39 is 0 Å². The Kier molecular flexibility index (Phi) is 13.7. The van der Waals surface area contributed by atoms with Crippen LogP contribution in [0, 0.1) is 27.7 Å². The molecular formula is C40H60N2. The van der Waals surface area contributed by atoms with Crippen LogP contribution >= 0.6 is 0 Å². The first-order valence-corrected chi connectivity index (χ1v) is 17.4. The topological polar surface area (TPSA) is 25.3 Å². The monoisotopic (exact) mass is 568 g/mol. The van der Waals surface area contributed by atoms with Gasteiger partial charge in [0.15, 0.2) is 0 Å². The van der Waals surface area contributed by atoms with E-state index in [1.54, 1.807) is 4.70 Å². The van der Waals surface area contributed by atoms with Gasteiger partial charge in [0.05, 0.1) is 0 Å². The number of allylic oxidation sites excluding steroid dienone is 2. The van der Waals surface area contributed by atoms with Crippen molar-refractivity contribution in [3.8, 4) is 0 Å². The van der Waals surface area contributed by atoms with Gasteiger partial charge in [-0.05, 0) is 137 Å². The standard InChI is InChI=1S/C40H60N2/c1-9-13-17-20-24-38-37(21-16-12-4)39(33-25-29(5)35(30(6)26-33)22-18-14-10-2)42(41)40(38)34-27-31(7)36(32(8)28-34)23-19-15-11-3/h25-28H,9-24H2,1-8H3. The lowest BCUT2D eigenvalue weighted by atomic mass is 9.89. The molecule has 0 aromatic heterocycles. The van der Waals surface area contributed by atoms with E-state index in [4.69, 9.17) is 0 Å². The summed E-state index contributed by atoms with van der Waals surface area (Å²) in [6, 6.07) is 9.41. The highest BCUT2D eigenvalue weighted by atomic mass is 15.2. The van der Waals surface area contributed by atoms with Gasteiger partial charge in [-0.2, -0.15) is 0 Å². The van der Waals surface area contributed by atoms with Crippen LogP contribution in [0.1, 0.15) is 162 Å². The van der Waals surface area contributed by atoms with Crippen molar-refractivity contribution in [2.75, 3.05) is 0 Å². The lowest BCUT2D eigenvalue weighted by Gasteiger charge is -2.16. The average molecular weight is 569 g/mol. The second-order valence-corrected chi connectivity index (χ2v) is 13.0. The van der Waals surface area contributed by atoms with Crippen LogP contribution in [-0.2, 0) is 12.8 Å². The Hall–Kier alpha value is -2.48. The third-order valence-electron chi connectivity index (χ3n) is 9.42. The van der Waals surface area contributed by atoms with Crippen molar-refractivity contribution in [1.82, 2.24) is 0 Å². The molecule has 0 bridgehead atoms. The van der Waals surface area contributed by atoms with Crippen LogP contribution in [0.5, 0.6) is 0 Å². The molecule has 0 amide bonds. The van der Waals surface area contributed by atoms with Gasteiger partial charge in [-0.1, -0.05) is 79.1 Å². The predicted molar refractivity (Wildman–Crippen MR) is 184 cm³/mol. The summed E-state index contributed by atoms with van der Waals surface area (Å²) in [6.45, 7) is 18.2. The Bertz CT molecular complexity index is 1230. The molecular weight excluding hydrogens is 508 g/mol. The molecule has 2 nitrogen and oxygen atoms in total. The van der Waals surface area contributed by atoms with Gasteiger partial charge in [-0.25, -0.2) is 4.70 Å². The smallest absolute Gasteiger partial charge is 0.211 e. The maximum Gasteiger partial charge on any atom is 0.211 e. The van der Waals surface area contributed by atoms with Gasteiger partial charge in [0.2, 0.25) is 11.4 Å². The minimum atomic E-state index is 1.01. The summed E-state index contributed by atoms with van der Waals surface area (Å²) in [7, 11) is 0. The fraction of sp³-hybridized carbons (Fsp3) is 0.600. The van der Waals surface area contributed by atoms with Crippen molar-refractivity contribution in [2.24, 2.45) is 0 Å². The number of hydrogen-bond acceptors (Lipinski definition) is 0. The van der Waals surface area contributed by atoms with E-state index >= 15 is 0 Å². The van der Waals surface area contributed by atoms with E-state index in [9.17, 15) is 5.53 Å². The number of aryl methyl sites for hydroxylation is 4. The van der Waals surface area contributed by atoms with Crippen LogP contribution < -0.4 is 0 Å². The molecule has 0 spiro atoms. The zero-order chi connectivity index (χ0) is 30.6. The van der Waals surface area contributed by atoms with E-state index in [1.165, 1.54) is 120 Å². The summed E-state index contributed by atoms with van der Waals surface area (Å²) in [4.78, 5) is 0.